The van der Waals surface area contributed by atoms with Gasteiger partial charge in [-0.15, -0.1) is 0 Å². The fourth-order valence-electron chi connectivity index (χ4n) is 2.99. The molecule has 0 amide bonds. The summed E-state index contributed by atoms with van der Waals surface area (Å²) in [7, 11) is -1.79. The van der Waals surface area contributed by atoms with Crippen LogP contribution in [0.2, 0.25) is 13.1 Å². The molecule has 0 saturated carbocycles. The first-order valence-electron chi connectivity index (χ1n) is 7.14. The lowest BCUT2D eigenvalue weighted by Gasteiger charge is -2.28. The number of allylic oxidation sites excluding steroid dienone is 3. The average Bonchev–Trinajstić information content (AvgIpc) is 2.50. The van der Waals surface area contributed by atoms with Crippen LogP contribution in [0.15, 0.2) is 48.2 Å². The van der Waals surface area contributed by atoms with Crippen molar-refractivity contribution in [1.82, 2.24) is 0 Å². The van der Waals surface area contributed by atoms with Crippen molar-refractivity contribution in [3.8, 4) is 0 Å². The zero-order valence-electron chi connectivity index (χ0n) is 12.3. The van der Waals surface area contributed by atoms with Gasteiger partial charge in [-0.2, -0.15) is 0 Å². The lowest BCUT2D eigenvalue weighted by Crippen LogP contribution is -2.36. The Morgan fingerprint density at radius 2 is 2.00 bits per heavy atom. The molecule has 1 unspecified atom stereocenters. The Labute approximate surface area is 118 Å². The molecular formula is C17H24OSi. The van der Waals surface area contributed by atoms with Gasteiger partial charge in [0.25, 0.3) is 0 Å². The van der Waals surface area contributed by atoms with E-state index in [0.717, 1.165) is 6.42 Å². The molecule has 1 heterocycles. The first-order chi connectivity index (χ1) is 9.04. The summed E-state index contributed by atoms with van der Waals surface area (Å²) in [6.07, 6.45) is 5.94. The molecular weight excluding hydrogens is 248 g/mol. The molecule has 1 aliphatic heterocycles. The number of rotatable bonds is 2. The topological polar surface area (TPSA) is 9.23 Å². The van der Waals surface area contributed by atoms with Crippen LogP contribution in [0.5, 0.6) is 0 Å². The van der Waals surface area contributed by atoms with Crippen LogP contribution in [0.1, 0.15) is 31.7 Å². The molecule has 1 aromatic carbocycles. The summed E-state index contributed by atoms with van der Waals surface area (Å²) in [5.74, 6) is 0. The Hall–Kier alpha value is -1.12. The third-order valence-corrected chi connectivity index (χ3v) is 6.84. The van der Waals surface area contributed by atoms with Gasteiger partial charge in [0.15, 0.2) is 0 Å². The fourth-order valence-corrected chi connectivity index (χ4v) is 5.93. The van der Waals surface area contributed by atoms with Crippen molar-refractivity contribution in [1.29, 1.82) is 0 Å². The summed E-state index contributed by atoms with van der Waals surface area (Å²) in [4.78, 5) is 0. The summed E-state index contributed by atoms with van der Waals surface area (Å²) < 4.78 is 6.35. The Kier molecular flexibility index (Phi) is 4.43. The average molecular weight is 272 g/mol. The molecule has 1 saturated heterocycles. The predicted molar refractivity (Wildman–Crippen MR) is 85.4 cm³/mol. The summed E-state index contributed by atoms with van der Waals surface area (Å²) in [5.41, 5.74) is 2.57. The molecule has 2 rings (SSSR count). The van der Waals surface area contributed by atoms with Crippen LogP contribution in [0, 0.1) is 0 Å². The minimum absolute atomic E-state index is 0.390. The molecule has 1 fully saturated rings. The van der Waals surface area contributed by atoms with Gasteiger partial charge < -0.3 is 4.43 Å². The van der Waals surface area contributed by atoms with Crippen LogP contribution >= 0.6 is 0 Å². The molecule has 102 valence electrons. The van der Waals surface area contributed by atoms with Crippen molar-refractivity contribution in [3.63, 3.8) is 0 Å². The zero-order valence-corrected chi connectivity index (χ0v) is 13.3. The molecule has 19 heavy (non-hydrogen) atoms. The third kappa shape index (κ3) is 3.25. The first-order valence-corrected chi connectivity index (χ1v) is 10.0. The van der Waals surface area contributed by atoms with E-state index in [1.54, 1.807) is 0 Å². The molecule has 1 aromatic rings. The highest BCUT2D eigenvalue weighted by Crippen LogP contribution is 2.35. The summed E-state index contributed by atoms with van der Waals surface area (Å²) in [6, 6.07) is 10.6. The van der Waals surface area contributed by atoms with Crippen molar-refractivity contribution in [3.05, 3.63) is 53.7 Å². The van der Waals surface area contributed by atoms with E-state index in [1.807, 2.05) is 6.08 Å². The summed E-state index contributed by atoms with van der Waals surface area (Å²) in [5, 5.41) is 1.51. The first kappa shape index (κ1) is 14.3. The minimum Gasteiger partial charge on any atom is -0.411 e. The normalized spacial score (nSPS) is 25.5. The zero-order chi connectivity index (χ0) is 13.9. The number of benzene rings is 1. The van der Waals surface area contributed by atoms with Crippen LogP contribution < -0.4 is 0 Å². The van der Waals surface area contributed by atoms with E-state index in [1.165, 1.54) is 29.2 Å². The molecule has 1 atom stereocenters. The molecule has 0 N–H and O–H groups in total. The van der Waals surface area contributed by atoms with Crippen LogP contribution in [0.4, 0.5) is 0 Å². The monoisotopic (exact) mass is 272 g/mol. The molecule has 0 bridgehead atoms. The van der Waals surface area contributed by atoms with E-state index in [0.29, 0.717) is 6.10 Å². The second-order valence-corrected chi connectivity index (χ2v) is 9.65. The van der Waals surface area contributed by atoms with Gasteiger partial charge in [-0.05, 0) is 55.6 Å². The van der Waals surface area contributed by atoms with Crippen LogP contribution in [0.25, 0.3) is 5.57 Å². The SMILES string of the molecule is C=C/C(=C1\CCCC(C)O[Si]1(C)C)c1ccccc1. The van der Waals surface area contributed by atoms with Gasteiger partial charge in [-0.3, -0.25) is 0 Å². The Morgan fingerprint density at radius 1 is 1.32 bits per heavy atom. The molecule has 1 nitrogen and oxygen atoms in total. The third-order valence-electron chi connectivity index (χ3n) is 3.87. The predicted octanol–water partition coefficient (Wildman–Crippen LogP) is 4.96. The Balaban J connectivity index is 2.49. The van der Waals surface area contributed by atoms with Crippen molar-refractivity contribution >= 4 is 13.9 Å². The van der Waals surface area contributed by atoms with Gasteiger partial charge in [0.05, 0.1) is 0 Å². The lowest BCUT2D eigenvalue weighted by atomic mass is 10.0. The quantitative estimate of drug-likeness (QED) is 0.691. The van der Waals surface area contributed by atoms with E-state index in [-0.39, 0.29) is 0 Å². The van der Waals surface area contributed by atoms with Gasteiger partial charge in [0, 0.05) is 6.10 Å². The minimum atomic E-state index is -1.79. The van der Waals surface area contributed by atoms with E-state index >= 15 is 0 Å². The van der Waals surface area contributed by atoms with Crippen molar-refractivity contribution in [2.75, 3.05) is 0 Å². The van der Waals surface area contributed by atoms with Gasteiger partial charge in [-0.25, -0.2) is 0 Å². The molecule has 0 aromatic heterocycles. The number of hydrogen-bond donors (Lipinski definition) is 0. The van der Waals surface area contributed by atoms with Crippen LogP contribution in [-0.4, -0.2) is 14.4 Å². The highest BCUT2D eigenvalue weighted by Gasteiger charge is 2.34. The van der Waals surface area contributed by atoms with E-state index in [9.17, 15) is 0 Å². The maximum absolute atomic E-state index is 6.35. The molecule has 0 aliphatic carbocycles. The lowest BCUT2D eigenvalue weighted by molar-refractivity contribution is 0.210. The van der Waals surface area contributed by atoms with Crippen molar-refractivity contribution in [2.45, 2.75) is 45.4 Å². The van der Waals surface area contributed by atoms with E-state index in [2.05, 4.69) is 56.9 Å². The fraction of sp³-hybridized carbons (Fsp3) is 0.412. The van der Waals surface area contributed by atoms with Crippen molar-refractivity contribution in [2.24, 2.45) is 0 Å². The maximum atomic E-state index is 6.35. The molecule has 1 aliphatic rings. The summed E-state index contributed by atoms with van der Waals surface area (Å²) >= 11 is 0. The standard InChI is InChI=1S/C17H24OSi/c1-5-16(15-11-7-6-8-12-15)17-13-9-10-14(2)18-19(17,3)4/h5-8,11-12,14H,1,9-10,13H2,2-4H3/b17-16-. The summed E-state index contributed by atoms with van der Waals surface area (Å²) in [6.45, 7) is 10.9. The highest BCUT2D eigenvalue weighted by molar-refractivity contribution is 6.79. The van der Waals surface area contributed by atoms with Crippen LogP contribution in [0.3, 0.4) is 0 Å². The van der Waals surface area contributed by atoms with E-state index < -0.39 is 8.32 Å². The second-order valence-electron chi connectivity index (χ2n) is 5.79. The molecule has 0 spiro atoms. The van der Waals surface area contributed by atoms with Crippen LogP contribution in [-0.2, 0) is 4.43 Å². The second kappa shape index (κ2) is 5.89. The van der Waals surface area contributed by atoms with E-state index in [4.69, 9.17) is 4.43 Å². The Morgan fingerprint density at radius 3 is 2.63 bits per heavy atom. The number of hydrogen-bond acceptors (Lipinski definition) is 1. The molecule has 2 heteroatoms. The maximum Gasteiger partial charge on any atom is 0.215 e. The molecule has 0 radical (unpaired) electrons. The van der Waals surface area contributed by atoms with Gasteiger partial charge >= 0.3 is 0 Å². The van der Waals surface area contributed by atoms with Crippen molar-refractivity contribution < 1.29 is 4.43 Å². The Bertz CT molecular complexity index is 473. The van der Waals surface area contributed by atoms with Gasteiger partial charge in [0.2, 0.25) is 8.32 Å². The smallest absolute Gasteiger partial charge is 0.215 e. The van der Waals surface area contributed by atoms with Gasteiger partial charge in [0.1, 0.15) is 0 Å². The largest absolute Gasteiger partial charge is 0.411 e. The highest BCUT2D eigenvalue weighted by atomic mass is 28.4. The van der Waals surface area contributed by atoms with Gasteiger partial charge in [-0.1, -0.05) is 43.0 Å².